The van der Waals surface area contributed by atoms with E-state index in [0.29, 0.717) is 35.5 Å². The van der Waals surface area contributed by atoms with E-state index in [-0.39, 0.29) is 24.4 Å². The molecule has 2 aromatic carbocycles. The molecule has 0 amide bonds. The maximum Gasteiger partial charge on any atom is 0.306 e. The molecule has 3 aromatic rings. The highest BCUT2D eigenvalue weighted by Crippen LogP contribution is 2.26. The van der Waals surface area contributed by atoms with Crippen molar-refractivity contribution in [3.05, 3.63) is 64.4 Å². The monoisotopic (exact) mass is 532 g/mol. The van der Waals surface area contributed by atoms with Crippen LogP contribution in [0.2, 0.25) is 0 Å². The highest BCUT2D eigenvalue weighted by molar-refractivity contribution is 5.96. The van der Waals surface area contributed by atoms with Gasteiger partial charge in [0.15, 0.2) is 0 Å². The van der Waals surface area contributed by atoms with Crippen LogP contribution < -0.4 is 16.0 Å². The van der Waals surface area contributed by atoms with Crippen molar-refractivity contribution in [2.24, 2.45) is 5.73 Å². The molecule has 1 saturated heterocycles. The molecule has 0 unspecified atom stereocenters. The Labute approximate surface area is 229 Å². The lowest BCUT2D eigenvalue weighted by Gasteiger charge is -2.39. The molecule has 1 aliphatic rings. The quantitative estimate of drug-likeness (QED) is 0.167. The number of carbonyl (C=O) groups is 1. The Kier molecular flexibility index (Phi) is 9.41. The number of carboxylic acid groups (broad SMARTS) is 1. The number of rotatable bonds is 12. The minimum Gasteiger partial charge on any atom is -0.493 e. The zero-order valence-electron chi connectivity index (χ0n) is 23.0. The molecular formula is C31H40N4O4. The van der Waals surface area contributed by atoms with Crippen LogP contribution in [0, 0.1) is 5.41 Å². The fourth-order valence-electron chi connectivity index (χ4n) is 5.64. The number of hydrogen-bond donors (Lipinski definition) is 3. The molecule has 1 aliphatic heterocycles. The third kappa shape index (κ3) is 7.06. The number of pyridine rings is 1. The van der Waals surface area contributed by atoms with Gasteiger partial charge < -0.3 is 20.1 Å². The van der Waals surface area contributed by atoms with Crippen molar-refractivity contribution in [2.45, 2.75) is 77.4 Å². The molecular weight excluding hydrogens is 492 g/mol. The van der Waals surface area contributed by atoms with Crippen molar-refractivity contribution < 1.29 is 14.6 Å². The summed E-state index contributed by atoms with van der Waals surface area (Å²) in [5, 5.41) is 17.6. The van der Waals surface area contributed by atoms with Crippen LogP contribution in [0.15, 0.2) is 53.3 Å². The average Bonchev–Trinajstić information content (AvgIpc) is 2.90. The topological polar surface area (TPSA) is 122 Å². The number of hydrogen-bond acceptors (Lipinski definition) is 5. The van der Waals surface area contributed by atoms with Gasteiger partial charge in [0.25, 0.3) is 5.56 Å². The molecule has 8 nitrogen and oxygen atoms in total. The molecule has 0 spiro atoms. The summed E-state index contributed by atoms with van der Waals surface area (Å²) in [6.45, 7) is 6.36. The Bertz CT molecular complexity index is 1370. The molecule has 0 aliphatic carbocycles. The molecule has 8 heteroatoms. The number of piperidine rings is 1. The number of likely N-dealkylation sites (tertiary alicyclic amines) is 1. The molecule has 1 aromatic heterocycles. The summed E-state index contributed by atoms with van der Waals surface area (Å²) in [6.07, 6.45) is 6.72. The van der Waals surface area contributed by atoms with Crippen LogP contribution in [0.1, 0.15) is 64.4 Å². The Morgan fingerprint density at radius 2 is 1.79 bits per heavy atom. The van der Waals surface area contributed by atoms with Gasteiger partial charge in [-0.15, -0.1) is 0 Å². The number of benzene rings is 2. The van der Waals surface area contributed by atoms with E-state index in [2.05, 4.69) is 18.7 Å². The maximum atomic E-state index is 13.8. The first-order valence-corrected chi connectivity index (χ1v) is 14.0. The first kappa shape index (κ1) is 28.4. The van der Waals surface area contributed by atoms with Gasteiger partial charge in [-0.25, -0.2) is 0 Å². The predicted molar refractivity (Wildman–Crippen MR) is 156 cm³/mol. The number of amidine groups is 1. The second kappa shape index (κ2) is 12.9. The van der Waals surface area contributed by atoms with Gasteiger partial charge in [0.2, 0.25) is 0 Å². The number of unbranched alkanes of at least 4 members (excludes halogenated alkanes) is 2. The summed E-state index contributed by atoms with van der Waals surface area (Å²) >= 11 is 0. The normalized spacial score (nSPS) is 17.8. The van der Waals surface area contributed by atoms with Gasteiger partial charge in [0.1, 0.15) is 11.6 Å². The lowest BCUT2D eigenvalue weighted by atomic mass is 9.97. The number of ether oxygens (including phenoxy) is 1. The van der Waals surface area contributed by atoms with Gasteiger partial charge >= 0.3 is 5.97 Å². The Morgan fingerprint density at radius 3 is 2.51 bits per heavy atom. The molecule has 4 rings (SSSR count). The Hall–Kier alpha value is -3.65. The van der Waals surface area contributed by atoms with Crippen molar-refractivity contribution in [1.29, 1.82) is 5.41 Å². The third-order valence-electron chi connectivity index (χ3n) is 7.81. The molecule has 0 saturated carbocycles. The van der Waals surface area contributed by atoms with Gasteiger partial charge in [-0.05, 0) is 81.3 Å². The summed E-state index contributed by atoms with van der Waals surface area (Å²) in [4.78, 5) is 27.3. The van der Waals surface area contributed by atoms with Crippen LogP contribution in [0.4, 0.5) is 0 Å². The number of aliphatic carboxylic acids is 1. The second-order valence-electron chi connectivity index (χ2n) is 10.6. The van der Waals surface area contributed by atoms with E-state index in [4.69, 9.17) is 21.0 Å². The molecule has 2 heterocycles. The van der Waals surface area contributed by atoms with Gasteiger partial charge in [-0.2, -0.15) is 0 Å². The zero-order chi connectivity index (χ0) is 27.9. The van der Waals surface area contributed by atoms with Crippen LogP contribution in [0.25, 0.3) is 22.0 Å². The van der Waals surface area contributed by atoms with Crippen LogP contribution in [-0.2, 0) is 11.3 Å². The number of fused-ring (bicyclic) bond motifs is 1. The lowest BCUT2D eigenvalue weighted by molar-refractivity contribution is -0.137. The summed E-state index contributed by atoms with van der Waals surface area (Å²) < 4.78 is 7.47. The fourth-order valence-corrected chi connectivity index (χ4v) is 5.64. The average molecular weight is 533 g/mol. The molecule has 0 bridgehead atoms. The molecule has 1 fully saturated rings. The van der Waals surface area contributed by atoms with Crippen molar-refractivity contribution in [1.82, 2.24) is 9.47 Å². The third-order valence-corrected chi connectivity index (χ3v) is 7.81. The van der Waals surface area contributed by atoms with Gasteiger partial charge in [-0.3, -0.25) is 19.9 Å². The minimum atomic E-state index is -0.918. The first-order chi connectivity index (χ1) is 18.7. The number of carboxylic acids is 1. The number of nitrogens with zero attached hydrogens (tertiary/aromatic N) is 2. The number of nitrogen functional groups attached to an aromatic ring is 1. The molecule has 39 heavy (non-hydrogen) atoms. The maximum absolute atomic E-state index is 13.8. The zero-order valence-corrected chi connectivity index (χ0v) is 23.0. The van der Waals surface area contributed by atoms with E-state index >= 15 is 0 Å². The van der Waals surface area contributed by atoms with E-state index in [9.17, 15) is 9.59 Å². The summed E-state index contributed by atoms with van der Waals surface area (Å²) in [5.74, 6) is -0.423. The second-order valence-corrected chi connectivity index (χ2v) is 10.6. The number of aryl methyl sites for hydroxylation is 1. The highest BCUT2D eigenvalue weighted by atomic mass is 16.5. The standard InChI is InChI=1S/C31H40N4O4/c1-21-8-6-9-22(2)34(21)15-4-3-5-16-35-28-20-26(39-17-14-29(36)37)13-12-24(28)19-27(31(35)38)23-10-7-11-25(18-23)30(32)33/h7,10-13,18-22H,3-6,8-9,14-17H2,1-2H3,(H3,32,33)(H,36,37)/t21-,22+. The van der Waals surface area contributed by atoms with E-state index in [1.807, 2.05) is 30.3 Å². The minimum absolute atomic E-state index is 0.0431. The van der Waals surface area contributed by atoms with Crippen LogP contribution in [-0.4, -0.2) is 51.6 Å². The van der Waals surface area contributed by atoms with Crippen molar-refractivity contribution in [2.75, 3.05) is 13.2 Å². The van der Waals surface area contributed by atoms with Crippen molar-refractivity contribution >= 4 is 22.7 Å². The molecule has 0 radical (unpaired) electrons. The van der Waals surface area contributed by atoms with Crippen LogP contribution in [0.3, 0.4) is 0 Å². The molecule has 2 atom stereocenters. The lowest BCUT2D eigenvalue weighted by Crippen LogP contribution is -2.44. The molecule has 208 valence electrons. The Balaban J connectivity index is 1.59. The van der Waals surface area contributed by atoms with E-state index in [1.54, 1.807) is 22.8 Å². The van der Waals surface area contributed by atoms with Crippen molar-refractivity contribution in [3.63, 3.8) is 0 Å². The summed E-state index contributed by atoms with van der Waals surface area (Å²) in [6, 6.07) is 15.9. The number of nitrogens with two attached hydrogens (primary N) is 1. The smallest absolute Gasteiger partial charge is 0.306 e. The first-order valence-electron chi connectivity index (χ1n) is 14.0. The van der Waals surface area contributed by atoms with Crippen molar-refractivity contribution in [3.8, 4) is 16.9 Å². The summed E-state index contributed by atoms with van der Waals surface area (Å²) in [7, 11) is 0. The fraction of sp³-hybridized carbons (Fsp3) is 0.452. The van der Waals surface area contributed by atoms with E-state index < -0.39 is 5.97 Å². The highest BCUT2D eigenvalue weighted by Gasteiger charge is 2.23. The van der Waals surface area contributed by atoms with Crippen LogP contribution in [0.5, 0.6) is 5.75 Å². The number of nitrogens with one attached hydrogen (secondary N) is 1. The van der Waals surface area contributed by atoms with Gasteiger partial charge in [0.05, 0.1) is 18.5 Å². The van der Waals surface area contributed by atoms with Gasteiger partial charge in [0, 0.05) is 35.8 Å². The van der Waals surface area contributed by atoms with Crippen LogP contribution >= 0.6 is 0 Å². The van der Waals surface area contributed by atoms with E-state index in [0.717, 1.165) is 42.3 Å². The van der Waals surface area contributed by atoms with E-state index in [1.165, 1.54) is 19.3 Å². The summed E-state index contributed by atoms with van der Waals surface area (Å²) in [5.41, 5.74) is 8.21. The Morgan fingerprint density at radius 1 is 1.05 bits per heavy atom. The largest absolute Gasteiger partial charge is 0.493 e. The van der Waals surface area contributed by atoms with Gasteiger partial charge in [-0.1, -0.05) is 31.0 Å². The molecule has 4 N–H and O–H groups in total. The predicted octanol–water partition coefficient (Wildman–Crippen LogP) is 5.24. The number of aromatic nitrogens is 1. The SMILES string of the molecule is C[C@@H]1CCC[C@H](C)N1CCCCCn1c(=O)c(-c2cccc(C(=N)N)c2)cc2ccc(OCCC(=O)O)cc21.